The lowest BCUT2D eigenvalue weighted by Crippen LogP contribution is -2.34. The Morgan fingerprint density at radius 1 is 1.64 bits per heavy atom. The number of rotatable bonds is 4. The lowest BCUT2D eigenvalue weighted by molar-refractivity contribution is 0.161. The Morgan fingerprint density at radius 2 is 2.18 bits per heavy atom. The van der Waals surface area contributed by atoms with E-state index in [1.54, 1.807) is 18.1 Å². The number of aliphatic hydroxyl groups is 1. The van der Waals surface area contributed by atoms with Crippen molar-refractivity contribution in [1.82, 2.24) is 10.4 Å². The van der Waals surface area contributed by atoms with Gasteiger partial charge in [-0.1, -0.05) is 13.8 Å². The molecule has 0 saturated carbocycles. The topological polar surface area (TPSA) is 35.5 Å². The first-order valence-corrected chi connectivity index (χ1v) is 3.97. The van der Waals surface area contributed by atoms with Crippen LogP contribution < -0.4 is 5.43 Å². The van der Waals surface area contributed by atoms with E-state index >= 15 is 0 Å². The van der Waals surface area contributed by atoms with E-state index in [0.717, 1.165) is 6.54 Å². The van der Waals surface area contributed by atoms with Gasteiger partial charge in [0, 0.05) is 13.6 Å². The normalized spacial score (nSPS) is 12.3. The highest BCUT2D eigenvalue weighted by Crippen LogP contribution is 2.01. The maximum Gasteiger partial charge on any atom is 0.197 e. The third-order valence-corrected chi connectivity index (χ3v) is 1.35. The third kappa shape index (κ3) is 3.88. The number of aliphatic hydroxyl groups excluding tert-OH is 1. The van der Waals surface area contributed by atoms with E-state index in [9.17, 15) is 5.11 Å². The van der Waals surface area contributed by atoms with Crippen molar-refractivity contribution < 1.29 is 5.11 Å². The van der Waals surface area contributed by atoms with Gasteiger partial charge in [0.1, 0.15) is 0 Å². The molecular formula is C8H18N2O. The van der Waals surface area contributed by atoms with E-state index in [-0.39, 0.29) is 0 Å². The van der Waals surface area contributed by atoms with Crippen molar-refractivity contribution >= 4 is 0 Å². The summed E-state index contributed by atoms with van der Waals surface area (Å²) < 4.78 is 0. The van der Waals surface area contributed by atoms with Crippen LogP contribution in [0.1, 0.15) is 20.8 Å². The minimum absolute atomic E-state index is 0.296. The van der Waals surface area contributed by atoms with Crippen LogP contribution in [0.4, 0.5) is 0 Å². The number of hydrogen-bond donors (Lipinski definition) is 2. The van der Waals surface area contributed by atoms with E-state index < -0.39 is 0 Å². The van der Waals surface area contributed by atoms with Gasteiger partial charge >= 0.3 is 0 Å². The Morgan fingerprint density at radius 3 is 2.45 bits per heavy atom. The van der Waals surface area contributed by atoms with E-state index in [0.29, 0.717) is 11.8 Å². The first-order valence-electron chi connectivity index (χ1n) is 3.97. The van der Waals surface area contributed by atoms with Gasteiger partial charge in [-0.05, 0) is 18.9 Å². The van der Waals surface area contributed by atoms with Crippen LogP contribution in [0.5, 0.6) is 0 Å². The van der Waals surface area contributed by atoms with E-state index in [1.165, 1.54) is 0 Å². The van der Waals surface area contributed by atoms with Crippen molar-refractivity contribution in [3.8, 4) is 0 Å². The van der Waals surface area contributed by atoms with Crippen LogP contribution in [-0.4, -0.2) is 23.7 Å². The molecule has 0 aliphatic heterocycles. The molecule has 3 heteroatoms. The fraction of sp³-hybridized carbons (Fsp3) is 0.750. The lowest BCUT2D eigenvalue weighted by atomic mass is 10.2. The second kappa shape index (κ2) is 5.02. The molecule has 0 saturated heterocycles. The molecule has 0 radical (unpaired) electrons. The van der Waals surface area contributed by atoms with Gasteiger partial charge in [-0.3, -0.25) is 5.01 Å². The molecule has 0 unspecified atom stereocenters. The number of nitrogens with zero attached hydrogens (tertiary/aromatic N) is 1. The van der Waals surface area contributed by atoms with Gasteiger partial charge in [-0.15, -0.1) is 0 Å². The van der Waals surface area contributed by atoms with E-state index in [1.807, 2.05) is 20.8 Å². The lowest BCUT2D eigenvalue weighted by Gasteiger charge is -2.20. The summed E-state index contributed by atoms with van der Waals surface area (Å²) in [6, 6.07) is 0. The fourth-order valence-electron chi connectivity index (χ4n) is 0.823. The molecule has 0 aromatic heterocycles. The Hall–Kier alpha value is -0.700. The maximum atomic E-state index is 9.40. The Bertz CT molecular complexity index is 128. The first-order chi connectivity index (χ1) is 5.11. The molecule has 0 heterocycles. The fourth-order valence-corrected chi connectivity index (χ4v) is 0.823. The first kappa shape index (κ1) is 10.3. The average Bonchev–Trinajstić information content (AvgIpc) is 1.88. The molecule has 0 rings (SSSR count). The highest BCUT2D eigenvalue weighted by atomic mass is 16.3. The van der Waals surface area contributed by atoms with Crippen molar-refractivity contribution in [2.45, 2.75) is 20.8 Å². The van der Waals surface area contributed by atoms with Gasteiger partial charge < -0.3 is 5.11 Å². The van der Waals surface area contributed by atoms with Gasteiger partial charge in [0.25, 0.3) is 0 Å². The molecule has 0 bridgehead atoms. The third-order valence-electron chi connectivity index (χ3n) is 1.35. The van der Waals surface area contributed by atoms with Gasteiger partial charge in [0.05, 0.1) is 0 Å². The van der Waals surface area contributed by atoms with Gasteiger partial charge in [0.15, 0.2) is 5.88 Å². The standard InChI is InChI=1S/C8H18N2O/c1-5-10(9-4)8(11)6-7(2)3/h6-7,9,11H,5H2,1-4H3/b8-6+. The molecule has 2 N–H and O–H groups in total. The number of allylic oxidation sites excluding steroid dienone is 1. The quantitative estimate of drug-likeness (QED) is 0.480. The van der Waals surface area contributed by atoms with Crippen molar-refractivity contribution in [3.05, 3.63) is 12.0 Å². The molecule has 3 nitrogen and oxygen atoms in total. The van der Waals surface area contributed by atoms with E-state index in [2.05, 4.69) is 5.43 Å². The molecule has 0 fully saturated rings. The molecule has 11 heavy (non-hydrogen) atoms. The van der Waals surface area contributed by atoms with Crippen molar-refractivity contribution in [3.63, 3.8) is 0 Å². The molecule has 0 aromatic rings. The monoisotopic (exact) mass is 158 g/mol. The minimum atomic E-state index is 0.296. The summed E-state index contributed by atoms with van der Waals surface area (Å²) in [7, 11) is 1.79. The van der Waals surface area contributed by atoms with Crippen LogP contribution in [0.15, 0.2) is 12.0 Å². The van der Waals surface area contributed by atoms with Crippen LogP contribution in [0.2, 0.25) is 0 Å². The molecule has 0 amide bonds. The van der Waals surface area contributed by atoms with Crippen LogP contribution in [0, 0.1) is 5.92 Å². The zero-order valence-electron chi connectivity index (χ0n) is 7.76. The van der Waals surface area contributed by atoms with Crippen LogP contribution in [-0.2, 0) is 0 Å². The van der Waals surface area contributed by atoms with Crippen molar-refractivity contribution in [2.24, 2.45) is 5.92 Å². The maximum absolute atomic E-state index is 9.40. The summed E-state index contributed by atoms with van der Waals surface area (Å²) in [6.45, 7) is 6.78. The molecule has 0 aliphatic rings. The number of hydrogen-bond acceptors (Lipinski definition) is 3. The van der Waals surface area contributed by atoms with E-state index in [4.69, 9.17) is 0 Å². The zero-order valence-corrected chi connectivity index (χ0v) is 7.76. The van der Waals surface area contributed by atoms with Crippen LogP contribution in [0.3, 0.4) is 0 Å². The second-order valence-corrected chi connectivity index (χ2v) is 2.74. The SMILES string of the molecule is CCN(NC)/C(O)=C\C(C)C. The smallest absolute Gasteiger partial charge is 0.197 e. The molecule has 66 valence electrons. The zero-order chi connectivity index (χ0) is 8.85. The molecule has 0 aromatic carbocycles. The average molecular weight is 158 g/mol. The summed E-state index contributed by atoms with van der Waals surface area (Å²) in [5.74, 6) is 0.669. The predicted molar refractivity (Wildman–Crippen MR) is 47.0 cm³/mol. The van der Waals surface area contributed by atoms with Gasteiger partial charge in [-0.2, -0.15) is 0 Å². The summed E-state index contributed by atoms with van der Waals surface area (Å²) in [6.07, 6.45) is 1.81. The summed E-state index contributed by atoms with van der Waals surface area (Å²) in [5.41, 5.74) is 2.87. The van der Waals surface area contributed by atoms with Crippen molar-refractivity contribution in [2.75, 3.05) is 13.6 Å². The highest BCUT2D eigenvalue weighted by molar-refractivity contribution is 4.90. The number of nitrogens with one attached hydrogen (secondary N) is 1. The van der Waals surface area contributed by atoms with Gasteiger partial charge in [0.2, 0.25) is 0 Å². The molecule has 0 aliphatic carbocycles. The Balaban J connectivity index is 4.07. The second-order valence-electron chi connectivity index (χ2n) is 2.74. The van der Waals surface area contributed by atoms with Crippen molar-refractivity contribution in [1.29, 1.82) is 0 Å². The summed E-state index contributed by atoms with van der Waals surface area (Å²) >= 11 is 0. The Labute approximate surface area is 68.7 Å². The molecule has 0 spiro atoms. The summed E-state index contributed by atoms with van der Waals surface area (Å²) in [4.78, 5) is 0. The van der Waals surface area contributed by atoms with Crippen LogP contribution >= 0.6 is 0 Å². The minimum Gasteiger partial charge on any atom is -0.494 e. The summed E-state index contributed by atoms with van der Waals surface area (Å²) in [5, 5.41) is 11.1. The highest BCUT2D eigenvalue weighted by Gasteiger charge is 2.02. The largest absolute Gasteiger partial charge is 0.494 e. The van der Waals surface area contributed by atoms with Crippen LogP contribution in [0.25, 0.3) is 0 Å². The molecule has 0 atom stereocenters. The molecular weight excluding hydrogens is 140 g/mol. The predicted octanol–water partition coefficient (Wildman–Crippen LogP) is 1.50. The van der Waals surface area contributed by atoms with Gasteiger partial charge in [-0.25, -0.2) is 5.43 Å². The number of hydrazine groups is 1. The Kier molecular flexibility index (Phi) is 4.70.